The van der Waals surface area contributed by atoms with Gasteiger partial charge >= 0.3 is 17.7 Å². The van der Waals surface area contributed by atoms with Crippen molar-refractivity contribution >= 4 is 23.0 Å². The molecule has 1 aromatic carbocycles. The molecule has 164 valence electrons. The molecule has 0 bridgehead atoms. The van der Waals surface area contributed by atoms with Crippen molar-refractivity contribution in [1.29, 1.82) is 0 Å². The van der Waals surface area contributed by atoms with Crippen LogP contribution in [0.2, 0.25) is 0 Å². The largest absolute Gasteiger partial charge is 0.444 e. The maximum Gasteiger partial charge on any atom is 0.408 e. The molecule has 0 unspecified atom stereocenters. The third kappa shape index (κ3) is 5.40. The first kappa shape index (κ1) is 23.4. The Morgan fingerprint density at radius 3 is 2.33 bits per heavy atom. The molecule has 30 heavy (non-hydrogen) atoms. The van der Waals surface area contributed by atoms with Crippen LogP contribution in [-0.2, 0) is 9.53 Å². The van der Waals surface area contributed by atoms with Crippen molar-refractivity contribution in [2.75, 3.05) is 0 Å². The minimum Gasteiger partial charge on any atom is -0.444 e. The smallest absolute Gasteiger partial charge is 0.408 e. The molecule has 1 heterocycles. The number of rotatable bonds is 5. The molecule has 1 amide bonds. The summed E-state index contributed by atoms with van der Waals surface area (Å²) >= 11 is 0. The van der Waals surface area contributed by atoms with Crippen molar-refractivity contribution in [1.82, 2.24) is 5.32 Å². The van der Waals surface area contributed by atoms with Crippen LogP contribution in [-0.4, -0.2) is 23.7 Å². The Bertz CT molecular complexity index is 1010. The topological polar surface area (TPSA) is 94.8 Å². The molecule has 2 atom stereocenters. The summed E-state index contributed by atoms with van der Waals surface area (Å²) in [5.41, 5.74) is 1.15. The van der Waals surface area contributed by atoms with E-state index in [1.54, 1.807) is 46.8 Å². The maximum absolute atomic E-state index is 13.0. The van der Waals surface area contributed by atoms with Crippen LogP contribution < -0.4 is 15.7 Å². The van der Waals surface area contributed by atoms with Crippen LogP contribution in [0, 0.1) is 26.7 Å². The summed E-state index contributed by atoms with van der Waals surface area (Å²) in [6.07, 6.45) is -0.0335. The van der Waals surface area contributed by atoms with E-state index in [2.05, 4.69) is 5.32 Å². The highest BCUT2D eigenvalue weighted by Crippen LogP contribution is 2.31. The first-order valence-electron chi connectivity index (χ1n) is 10.1. The number of carbonyl (C=O) groups excluding carboxylic acids is 2. The molecule has 0 saturated carbocycles. The summed E-state index contributed by atoms with van der Waals surface area (Å²) in [7, 11) is 0. The standard InChI is InChI=1S/C23H31NO6/c1-9-13(3)19(24-22(27)30-23(6,7)8)21(26)29-17-11-12(2)10-16-18(17)14(4)15(5)20(25)28-16/h10-11,13,19H,9H2,1-8H3,(H,24,27)/t13-,19+/m0/s1. The Morgan fingerprint density at radius 1 is 1.13 bits per heavy atom. The number of aryl methyl sites for hydroxylation is 2. The van der Waals surface area contributed by atoms with Gasteiger partial charge in [0, 0.05) is 5.56 Å². The molecule has 0 fully saturated rings. The maximum atomic E-state index is 13.0. The van der Waals surface area contributed by atoms with Gasteiger partial charge in [-0.1, -0.05) is 20.3 Å². The summed E-state index contributed by atoms with van der Waals surface area (Å²) in [6.45, 7) is 14.3. The number of carbonyl (C=O) groups is 2. The molecular weight excluding hydrogens is 386 g/mol. The van der Waals surface area contributed by atoms with Crippen molar-refractivity contribution in [3.8, 4) is 5.75 Å². The lowest BCUT2D eigenvalue weighted by atomic mass is 9.99. The van der Waals surface area contributed by atoms with Crippen molar-refractivity contribution < 1.29 is 23.5 Å². The Morgan fingerprint density at radius 2 is 1.77 bits per heavy atom. The van der Waals surface area contributed by atoms with Crippen LogP contribution >= 0.6 is 0 Å². The van der Waals surface area contributed by atoms with Gasteiger partial charge in [-0.25, -0.2) is 14.4 Å². The monoisotopic (exact) mass is 417 g/mol. The zero-order valence-electron chi connectivity index (χ0n) is 19.0. The van der Waals surface area contributed by atoms with E-state index < -0.39 is 29.3 Å². The van der Waals surface area contributed by atoms with Gasteiger partial charge < -0.3 is 19.2 Å². The summed E-state index contributed by atoms with van der Waals surface area (Å²) in [5.74, 6) is -0.495. The lowest BCUT2D eigenvalue weighted by Gasteiger charge is -2.26. The molecule has 0 spiro atoms. The van der Waals surface area contributed by atoms with Crippen LogP contribution in [0.4, 0.5) is 4.79 Å². The second-order valence-electron chi connectivity index (χ2n) is 8.71. The molecule has 1 aromatic heterocycles. The second kappa shape index (κ2) is 8.90. The van der Waals surface area contributed by atoms with E-state index in [9.17, 15) is 14.4 Å². The summed E-state index contributed by atoms with van der Waals surface area (Å²) < 4.78 is 16.4. The number of fused-ring (bicyclic) bond motifs is 1. The van der Waals surface area contributed by atoms with Crippen LogP contribution in [0.15, 0.2) is 21.3 Å². The quantitative estimate of drug-likeness (QED) is 0.435. The second-order valence-corrected chi connectivity index (χ2v) is 8.71. The van der Waals surface area contributed by atoms with Gasteiger partial charge in [-0.05, 0) is 70.7 Å². The molecule has 7 nitrogen and oxygen atoms in total. The molecule has 2 aromatic rings. The molecule has 0 aliphatic rings. The average Bonchev–Trinajstić information content (AvgIpc) is 2.61. The molecule has 0 aliphatic carbocycles. The predicted molar refractivity (Wildman–Crippen MR) is 115 cm³/mol. The van der Waals surface area contributed by atoms with Gasteiger partial charge in [0.2, 0.25) is 0 Å². The highest BCUT2D eigenvalue weighted by atomic mass is 16.6. The van der Waals surface area contributed by atoms with Gasteiger partial charge in [0.1, 0.15) is 23.0 Å². The molecule has 0 aliphatic heterocycles. The highest BCUT2D eigenvalue weighted by Gasteiger charge is 2.30. The van der Waals surface area contributed by atoms with Crippen molar-refractivity contribution in [2.45, 2.75) is 73.5 Å². The van der Waals surface area contributed by atoms with E-state index in [0.717, 1.165) is 5.56 Å². The van der Waals surface area contributed by atoms with Crippen LogP contribution in [0.1, 0.15) is 57.7 Å². The first-order chi connectivity index (χ1) is 13.8. The third-order valence-electron chi connectivity index (χ3n) is 5.01. The van der Waals surface area contributed by atoms with Crippen LogP contribution in [0.3, 0.4) is 0 Å². The van der Waals surface area contributed by atoms with E-state index in [4.69, 9.17) is 13.9 Å². The summed E-state index contributed by atoms with van der Waals surface area (Å²) in [4.78, 5) is 37.3. The van der Waals surface area contributed by atoms with E-state index in [0.29, 0.717) is 34.3 Å². The highest BCUT2D eigenvalue weighted by molar-refractivity contribution is 5.92. The van der Waals surface area contributed by atoms with E-state index in [-0.39, 0.29) is 5.92 Å². The number of esters is 1. The zero-order valence-corrected chi connectivity index (χ0v) is 19.0. The fraction of sp³-hybridized carbons (Fsp3) is 0.522. The van der Waals surface area contributed by atoms with Gasteiger partial charge in [0.25, 0.3) is 0 Å². The molecular formula is C23H31NO6. The average molecular weight is 418 g/mol. The predicted octanol–water partition coefficient (Wildman–Crippen LogP) is 4.56. The van der Waals surface area contributed by atoms with Gasteiger partial charge in [-0.2, -0.15) is 0 Å². The van der Waals surface area contributed by atoms with Crippen molar-refractivity contribution in [2.24, 2.45) is 5.92 Å². The van der Waals surface area contributed by atoms with Gasteiger partial charge in [-0.15, -0.1) is 0 Å². The number of benzene rings is 1. The Kier molecular flexibility index (Phi) is 6.95. The van der Waals surface area contributed by atoms with Gasteiger partial charge in [0.15, 0.2) is 0 Å². The SMILES string of the molecule is CC[C@H](C)[C@@H](NC(=O)OC(C)(C)C)C(=O)Oc1cc(C)cc2oc(=O)c(C)c(C)c12. The number of amides is 1. The zero-order chi connectivity index (χ0) is 22.8. The normalized spacial score (nSPS) is 13.6. The fourth-order valence-corrected chi connectivity index (χ4v) is 3.04. The number of hydrogen-bond donors (Lipinski definition) is 1. The van der Waals surface area contributed by atoms with Crippen LogP contribution in [0.25, 0.3) is 11.0 Å². The molecule has 1 N–H and O–H groups in total. The molecule has 0 saturated heterocycles. The number of ether oxygens (including phenoxy) is 2. The van der Waals surface area contributed by atoms with E-state index >= 15 is 0 Å². The van der Waals surface area contributed by atoms with Gasteiger partial charge in [-0.3, -0.25) is 0 Å². The fourth-order valence-electron chi connectivity index (χ4n) is 3.04. The summed E-state index contributed by atoms with van der Waals surface area (Å²) in [5, 5.41) is 3.19. The Labute approximate surface area is 176 Å². The Balaban J connectivity index is 2.42. The van der Waals surface area contributed by atoms with Gasteiger partial charge in [0.05, 0.1) is 5.39 Å². The van der Waals surface area contributed by atoms with Crippen molar-refractivity contribution in [3.63, 3.8) is 0 Å². The lowest BCUT2D eigenvalue weighted by Crippen LogP contribution is -2.48. The number of hydrogen-bond acceptors (Lipinski definition) is 6. The summed E-state index contributed by atoms with van der Waals surface area (Å²) in [6, 6.07) is 2.55. The number of nitrogens with one attached hydrogen (secondary N) is 1. The third-order valence-corrected chi connectivity index (χ3v) is 5.01. The number of alkyl carbamates (subject to hydrolysis) is 1. The Hall–Kier alpha value is -2.83. The van der Waals surface area contributed by atoms with Crippen LogP contribution in [0.5, 0.6) is 5.75 Å². The van der Waals surface area contributed by atoms with E-state index in [1.807, 2.05) is 20.8 Å². The minimum absolute atomic E-state index is 0.179. The van der Waals surface area contributed by atoms with Crippen molar-refractivity contribution in [3.05, 3.63) is 39.2 Å². The molecule has 2 rings (SSSR count). The first-order valence-corrected chi connectivity index (χ1v) is 10.1. The molecule has 7 heteroatoms. The lowest BCUT2D eigenvalue weighted by molar-refractivity contribution is -0.138. The minimum atomic E-state index is -0.891. The van der Waals surface area contributed by atoms with E-state index in [1.165, 1.54) is 0 Å². The molecule has 0 radical (unpaired) electrons.